The number of pyridine rings is 1. The van der Waals surface area contributed by atoms with Crippen molar-refractivity contribution in [2.24, 2.45) is 18.0 Å². The Morgan fingerprint density at radius 2 is 1.94 bits per heavy atom. The molecule has 6 nitrogen and oxygen atoms in total. The highest BCUT2D eigenvalue weighted by Crippen LogP contribution is 2.29. The van der Waals surface area contributed by atoms with Gasteiger partial charge < -0.3 is 9.88 Å². The van der Waals surface area contributed by atoms with Crippen molar-refractivity contribution in [2.45, 2.75) is 52.0 Å². The van der Waals surface area contributed by atoms with Crippen LogP contribution in [-0.2, 0) is 11.8 Å². The third kappa shape index (κ3) is 4.62. The smallest absolute Gasteiger partial charge is 0.266 e. The molecule has 1 N–H and O–H groups in total. The summed E-state index contributed by atoms with van der Waals surface area (Å²) in [5.41, 5.74) is 0.476. The number of hydrogen-bond acceptors (Lipinski definition) is 4. The first-order valence-corrected chi connectivity index (χ1v) is 11.0. The van der Waals surface area contributed by atoms with E-state index in [0.717, 1.165) is 37.3 Å². The van der Waals surface area contributed by atoms with Crippen molar-refractivity contribution in [2.75, 3.05) is 5.32 Å². The number of halogens is 3. The molecular weight excluding hydrogens is 431 g/mol. The van der Waals surface area contributed by atoms with Gasteiger partial charge in [-0.25, -0.2) is 23.1 Å². The minimum absolute atomic E-state index is 0.0102. The Morgan fingerprint density at radius 3 is 2.64 bits per heavy atom. The number of carbonyl (C=O) groups is 1. The molecule has 1 aromatic carbocycles. The van der Waals surface area contributed by atoms with E-state index in [-0.39, 0.29) is 17.4 Å². The molecule has 1 saturated carbocycles. The highest BCUT2D eigenvalue weighted by Gasteiger charge is 2.23. The van der Waals surface area contributed by atoms with Crippen molar-refractivity contribution in [3.8, 4) is 0 Å². The van der Waals surface area contributed by atoms with Crippen molar-refractivity contribution in [1.29, 1.82) is 0 Å². The number of fused-ring (bicyclic) bond motifs is 1. The summed E-state index contributed by atoms with van der Waals surface area (Å²) in [5, 5.41) is 3.50. The van der Waals surface area contributed by atoms with Crippen molar-refractivity contribution >= 4 is 22.6 Å². The SMILES string of the molecule is Cc1n/c(=N\[C@H](C)c2cccc(C(F)F)c2F)c2cc(NC(=O)C3CCCC3)ncc2n1C. The average Bonchev–Trinajstić information content (AvgIpc) is 3.32. The molecule has 33 heavy (non-hydrogen) atoms. The molecule has 9 heteroatoms. The summed E-state index contributed by atoms with van der Waals surface area (Å²) < 4.78 is 42.8. The Labute approximate surface area is 189 Å². The van der Waals surface area contributed by atoms with Crippen LogP contribution in [0.25, 0.3) is 10.9 Å². The first kappa shape index (κ1) is 22.9. The largest absolute Gasteiger partial charge is 0.331 e. The lowest BCUT2D eigenvalue weighted by Crippen LogP contribution is -2.22. The van der Waals surface area contributed by atoms with Crippen LogP contribution in [0.1, 0.15) is 62.0 Å². The molecule has 1 atom stereocenters. The maximum atomic E-state index is 14.7. The summed E-state index contributed by atoms with van der Waals surface area (Å²) in [5.74, 6) is 0.0165. The van der Waals surface area contributed by atoms with E-state index in [0.29, 0.717) is 22.5 Å². The van der Waals surface area contributed by atoms with Gasteiger partial charge in [-0.3, -0.25) is 9.79 Å². The zero-order valence-electron chi connectivity index (χ0n) is 18.8. The van der Waals surface area contributed by atoms with E-state index in [1.165, 1.54) is 12.1 Å². The standard InChI is InChI=1S/C24H26F3N5O/c1-13(16-9-6-10-17(21(16)25)22(26)27)29-23-18-11-20(31-24(33)15-7-4-5-8-15)28-12-19(18)32(3)14(2)30-23/h6,9-13,15,22H,4-5,7-8H2,1-3H3,(H,28,31,33)/b29-23-/t13-/m1/s1. The van der Waals surface area contributed by atoms with Gasteiger partial charge in [0, 0.05) is 23.9 Å². The maximum absolute atomic E-state index is 14.7. The summed E-state index contributed by atoms with van der Waals surface area (Å²) in [6, 6.07) is 4.86. The summed E-state index contributed by atoms with van der Waals surface area (Å²) in [6.07, 6.45) is 2.56. The van der Waals surface area contributed by atoms with E-state index < -0.39 is 23.8 Å². The van der Waals surface area contributed by atoms with Gasteiger partial charge in [0.2, 0.25) is 5.91 Å². The molecule has 3 aromatic rings. The number of anilines is 1. The first-order chi connectivity index (χ1) is 15.8. The Hall–Kier alpha value is -3.23. The summed E-state index contributed by atoms with van der Waals surface area (Å²) in [7, 11) is 1.84. The Kier molecular flexibility index (Phi) is 6.49. The molecule has 4 rings (SSSR count). The monoisotopic (exact) mass is 457 g/mol. The minimum Gasteiger partial charge on any atom is -0.331 e. The van der Waals surface area contributed by atoms with Gasteiger partial charge in [-0.1, -0.05) is 31.0 Å². The minimum atomic E-state index is -2.91. The quantitative estimate of drug-likeness (QED) is 0.576. The number of aromatic nitrogens is 3. The normalized spacial score (nSPS) is 16.0. The number of rotatable bonds is 5. The lowest BCUT2D eigenvalue weighted by molar-refractivity contribution is -0.119. The molecule has 2 heterocycles. The second-order valence-corrected chi connectivity index (χ2v) is 8.46. The van der Waals surface area contributed by atoms with Crippen LogP contribution in [-0.4, -0.2) is 20.4 Å². The van der Waals surface area contributed by atoms with Gasteiger partial charge in [-0.05, 0) is 32.8 Å². The Morgan fingerprint density at radius 1 is 1.24 bits per heavy atom. The van der Waals surface area contributed by atoms with Gasteiger partial charge in [0.1, 0.15) is 17.5 Å². The maximum Gasteiger partial charge on any atom is 0.266 e. The Balaban J connectivity index is 1.77. The zero-order chi connectivity index (χ0) is 23.7. The van der Waals surface area contributed by atoms with E-state index in [1.54, 1.807) is 26.1 Å². The second-order valence-electron chi connectivity index (χ2n) is 8.46. The molecule has 1 aliphatic carbocycles. The molecule has 174 valence electrons. The molecule has 2 aromatic heterocycles. The van der Waals surface area contributed by atoms with Gasteiger partial charge in [-0.2, -0.15) is 0 Å². The lowest BCUT2D eigenvalue weighted by atomic mass is 10.0. The number of alkyl halides is 2. The first-order valence-electron chi connectivity index (χ1n) is 11.0. The molecule has 0 unspecified atom stereocenters. The topological polar surface area (TPSA) is 72.2 Å². The molecule has 0 radical (unpaired) electrons. The van der Waals surface area contributed by atoms with Crippen LogP contribution < -0.4 is 10.8 Å². The number of nitrogens with zero attached hydrogens (tertiary/aromatic N) is 4. The fourth-order valence-corrected chi connectivity index (χ4v) is 4.25. The summed E-state index contributed by atoms with van der Waals surface area (Å²) in [4.78, 5) is 26.0. The summed E-state index contributed by atoms with van der Waals surface area (Å²) in [6.45, 7) is 3.43. The molecular formula is C24H26F3N5O. The van der Waals surface area contributed by atoms with E-state index >= 15 is 0 Å². The van der Waals surface area contributed by atoms with E-state index in [1.807, 2.05) is 11.6 Å². The average molecular weight is 458 g/mol. The van der Waals surface area contributed by atoms with Crippen molar-refractivity contribution in [3.63, 3.8) is 0 Å². The lowest BCUT2D eigenvalue weighted by Gasteiger charge is -2.14. The molecule has 0 saturated heterocycles. The number of nitrogens with one attached hydrogen (secondary N) is 1. The van der Waals surface area contributed by atoms with Crippen LogP contribution in [0, 0.1) is 18.7 Å². The molecule has 1 aliphatic rings. The second kappa shape index (κ2) is 9.33. The van der Waals surface area contributed by atoms with Crippen molar-refractivity contribution in [1.82, 2.24) is 14.5 Å². The van der Waals surface area contributed by atoms with Crippen LogP contribution in [0.4, 0.5) is 19.0 Å². The van der Waals surface area contributed by atoms with E-state index in [4.69, 9.17) is 0 Å². The van der Waals surface area contributed by atoms with Crippen LogP contribution in [0.2, 0.25) is 0 Å². The Bertz CT molecular complexity index is 1260. The van der Waals surface area contributed by atoms with Crippen molar-refractivity contribution < 1.29 is 18.0 Å². The van der Waals surface area contributed by atoms with Gasteiger partial charge in [0.05, 0.1) is 23.3 Å². The fourth-order valence-electron chi connectivity index (χ4n) is 4.25. The molecule has 0 aliphatic heterocycles. The number of hydrogen-bond donors (Lipinski definition) is 1. The van der Waals surface area contributed by atoms with Gasteiger partial charge in [0.25, 0.3) is 6.43 Å². The van der Waals surface area contributed by atoms with E-state index in [2.05, 4.69) is 20.3 Å². The molecule has 0 spiro atoms. The molecule has 1 amide bonds. The third-order valence-electron chi connectivity index (χ3n) is 6.28. The van der Waals surface area contributed by atoms with Gasteiger partial charge in [-0.15, -0.1) is 0 Å². The van der Waals surface area contributed by atoms with Gasteiger partial charge in [0.15, 0.2) is 5.49 Å². The third-order valence-corrected chi connectivity index (χ3v) is 6.28. The van der Waals surface area contributed by atoms with Crippen molar-refractivity contribution in [3.05, 3.63) is 58.7 Å². The highest BCUT2D eigenvalue weighted by atomic mass is 19.3. The number of amides is 1. The summed E-state index contributed by atoms with van der Waals surface area (Å²) >= 11 is 0. The van der Waals surface area contributed by atoms with Crippen LogP contribution >= 0.6 is 0 Å². The van der Waals surface area contributed by atoms with Crippen LogP contribution in [0.3, 0.4) is 0 Å². The molecule has 0 bridgehead atoms. The number of aryl methyl sites for hydroxylation is 2. The fraction of sp³-hybridized carbons (Fsp3) is 0.417. The predicted octanol–water partition coefficient (Wildman–Crippen LogP) is 5.14. The van der Waals surface area contributed by atoms with Crippen LogP contribution in [0.5, 0.6) is 0 Å². The predicted molar refractivity (Wildman–Crippen MR) is 119 cm³/mol. The van der Waals surface area contributed by atoms with E-state index in [9.17, 15) is 18.0 Å². The zero-order valence-corrected chi connectivity index (χ0v) is 18.8. The number of carbonyl (C=O) groups excluding carboxylic acids is 1. The molecule has 1 fully saturated rings. The van der Waals surface area contributed by atoms with Crippen LogP contribution in [0.15, 0.2) is 35.5 Å². The van der Waals surface area contributed by atoms with Gasteiger partial charge >= 0.3 is 0 Å². The highest BCUT2D eigenvalue weighted by molar-refractivity contribution is 5.93. The number of benzene rings is 1.